The third-order valence-electron chi connectivity index (χ3n) is 8.83. The van der Waals surface area contributed by atoms with Gasteiger partial charge in [0.1, 0.15) is 16.9 Å². The first-order valence-electron chi connectivity index (χ1n) is 11.9. The van der Waals surface area contributed by atoms with Gasteiger partial charge in [-0.3, -0.25) is 0 Å². The first-order valence-corrected chi connectivity index (χ1v) is 12.7. The summed E-state index contributed by atoms with van der Waals surface area (Å²) in [6.45, 7) is 8.58. The van der Waals surface area contributed by atoms with Crippen LogP contribution in [0.2, 0.25) is 0 Å². The van der Waals surface area contributed by atoms with E-state index in [-0.39, 0.29) is 10.8 Å². The molecular formula is C25H29N5OS. The van der Waals surface area contributed by atoms with Crippen LogP contribution in [0.1, 0.15) is 71.8 Å². The molecular weight excluding hydrogens is 418 g/mol. The van der Waals surface area contributed by atoms with Crippen molar-refractivity contribution in [1.82, 2.24) is 24.7 Å². The third-order valence-corrected chi connectivity index (χ3v) is 9.94. The van der Waals surface area contributed by atoms with Gasteiger partial charge in [-0.15, -0.1) is 16.4 Å². The largest absolute Gasteiger partial charge is 0.361 e. The van der Waals surface area contributed by atoms with Crippen molar-refractivity contribution in [2.75, 3.05) is 0 Å². The summed E-state index contributed by atoms with van der Waals surface area (Å²) in [5.74, 6) is 3.62. The van der Waals surface area contributed by atoms with Gasteiger partial charge in [-0.2, -0.15) is 0 Å². The molecule has 4 aliphatic carbocycles. The van der Waals surface area contributed by atoms with Gasteiger partial charge in [0.2, 0.25) is 0 Å². The standard InChI is InChI=1S/C25H29N5OS/c1-13-16(4)32-23-20(13)22-27-19(28-30(22)12-26-23)10-24-6-17-5-18(7-24)9-25(8-17,11-24)21-14(2)29-31-15(21)3/h12,17-18H,5-11H2,1-4H3/t17-,18+,24?,25?. The average Bonchev–Trinajstić information content (AvgIpc) is 3.35. The molecule has 166 valence electrons. The first-order chi connectivity index (χ1) is 15.3. The molecule has 4 bridgehead atoms. The lowest BCUT2D eigenvalue weighted by Crippen LogP contribution is -2.55. The monoisotopic (exact) mass is 447 g/mol. The minimum Gasteiger partial charge on any atom is -0.361 e. The summed E-state index contributed by atoms with van der Waals surface area (Å²) in [4.78, 5) is 12.1. The number of aryl methyl sites for hydroxylation is 4. The van der Waals surface area contributed by atoms with Gasteiger partial charge in [0.05, 0.1) is 11.1 Å². The molecule has 0 saturated heterocycles. The smallest absolute Gasteiger partial charge is 0.167 e. The fourth-order valence-corrected chi connectivity index (χ4v) is 9.28. The van der Waals surface area contributed by atoms with E-state index in [9.17, 15) is 0 Å². The number of thiophene rings is 1. The Morgan fingerprint density at radius 3 is 2.62 bits per heavy atom. The van der Waals surface area contributed by atoms with E-state index in [0.717, 1.165) is 46.0 Å². The predicted molar refractivity (Wildman–Crippen MR) is 124 cm³/mol. The van der Waals surface area contributed by atoms with Crippen molar-refractivity contribution in [1.29, 1.82) is 0 Å². The Balaban J connectivity index is 1.31. The van der Waals surface area contributed by atoms with Gasteiger partial charge < -0.3 is 4.52 Å². The zero-order chi connectivity index (χ0) is 21.8. The maximum Gasteiger partial charge on any atom is 0.167 e. The predicted octanol–water partition coefficient (Wildman–Crippen LogP) is 5.64. The van der Waals surface area contributed by atoms with Crippen LogP contribution in [0.25, 0.3) is 15.9 Å². The number of nitrogens with zero attached hydrogens (tertiary/aromatic N) is 5. The molecule has 4 aromatic rings. The maximum absolute atomic E-state index is 5.65. The molecule has 4 saturated carbocycles. The lowest BCUT2D eigenvalue weighted by atomic mass is 9.42. The maximum atomic E-state index is 5.65. The van der Waals surface area contributed by atoms with Crippen LogP contribution in [-0.4, -0.2) is 24.7 Å². The number of hydrogen-bond donors (Lipinski definition) is 0. The van der Waals surface area contributed by atoms with Crippen molar-refractivity contribution in [3.05, 3.63) is 39.6 Å². The van der Waals surface area contributed by atoms with Crippen LogP contribution >= 0.6 is 11.3 Å². The summed E-state index contributed by atoms with van der Waals surface area (Å²) in [5.41, 5.74) is 5.28. The van der Waals surface area contributed by atoms with Gasteiger partial charge in [-0.05, 0) is 89.0 Å². The van der Waals surface area contributed by atoms with E-state index < -0.39 is 0 Å². The molecule has 8 rings (SSSR count). The van der Waals surface area contributed by atoms with Crippen molar-refractivity contribution in [3.8, 4) is 0 Å². The van der Waals surface area contributed by atoms with Crippen molar-refractivity contribution in [2.45, 2.75) is 78.1 Å². The van der Waals surface area contributed by atoms with Gasteiger partial charge in [-0.1, -0.05) is 5.16 Å². The molecule has 0 N–H and O–H groups in total. The van der Waals surface area contributed by atoms with Crippen LogP contribution in [0, 0.1) is 44.9 Å². The van der Waals surface area contributed by atoms with Crippen molar-refractivity contribution < 1.29 is 4.52 Å². The highest BCUT2D eigenvalue weighted by molar-refractivity contribution is 7.18. The highest BCUT2D eigenvalue weighted by Gasteiger charge is 2.59. The molecule has 4 atom stereocenters. The van der Waals surface area contributed by atoms with E-state index in [1.807, 2.05) is 10.8 Å². The van der Waals surface area contributed by atoms with E-state index in [1.165, 1.54) is 59.9 Å². The Bertz CT molecular complexity index is 1360. The van der Waals surface area contributed by atoms with Gasteiger partial charge >= 0.3 is 0 Å². The van der Waals surface area contributed by atoms with Crippen LogP contribution in [0.4, 0.5) is 0 Å². The third kappa shape index (κ3) is 2.51. The normalized spacial score (nSPS) is 31.4. The van der Waals surface area contributed by atoms with Crippen molar-refractivity contribution in [2.24, 2.45) is 17.3 Å². The van der Waals surface area contributed by atoms with Crippen molar-refractivity contribution >= 4 is 27.2 Å². The molecule has 4 aromatic heterocycles. The Hall–Kier alpha value is -2.28. The van der Waals surface area contributed by atoms with Crippen LogP contribution in [0.15, 0.2) is 10.9 Å². The van der Waals surface area contributed by atoms with Gasteiger partial charge in [0.25, 0.3) is 0 Å². The Kier molecular flexibility index (Phi) is 3.72. The second-order valence-electron chi connectivity index (χ2n) is 11.1. The molecule has 7 heteroatoms. The Labute approximate surface area is 191 Å². The zero-order valence-electron chi connectivity index (χ0n) is 19.2. The molecule has 0 amide bonds. The molecule has 4 aliphatic rings. The van der Waals surface area contributed by atoms with E-state index in [4.69, 9.17) is 14.6 Å². The molecule has 6 nitrogen and oxygen atoms in total. The topological polar surface area (TPSA) is 69.1 Å². The molecule has 32 heavy (non-hydrogen) atoms. The number of rotatable bonds is 3. The van der Waals surface area contributed by atoms with E-state index in [2.05, 4.69) is 37.8 Å². The lowest BCUT2D eigenvalue weighted by Gasteiger charge is -2.62. The summed E-state index contributed by atoms with van der Waals surface area (Å²) >= 11 is 1.75. The SMILES string of the molecule is Cc1noc(C)c1C12C[C@@H]3C[C@@H](CC(Cc4nc5c6c(C)c(C)sc6ncn5n4)(C3)C1)C2. The number of fused-ring (bicyclic) bond motifs is 3. The fraction of sp³-hybridized carbons (Fsp3) is 0.600. The minimum atomic E-state index is 0.229. The highest BCUT2D eigenvalue weighted by atomic mass is 32.1. The van der Waals surface area contributed by atoms with Gasteiger partial charge in [0, 0.05) is 22.3 Å². The number of hydrogen-bond acceptors (Lipinski definition) is 6. The van der Waals surface area contributed by atoms with E-state index >= 15 is 0 Å². The molecule has 0 aromatic carbocycles. The summed E-state index contributed by atoms with van der Waals surface area (Å²) in [5, 5.41) is 10.4. The molecule has 2 unspecified atom stereocenters. The number of aromatic nitrogens is 5. The molecule has 0 radical (unpaired) electrons. The van der Waals surface area contributed by atoms with Crippen LogP contribution in [0.5, 0.6) is 0 Å². The summed E-state index contributed by atoms with van der Waals surface area (Å²) in [6, 6.07) is 0. The molecule has 0 spiro atoms. The summed E-state index contributed by atoms with van der Waals surface area (Å²) in [6.07, 6.45) is 10.6. The summed E-state index contributed by atoms with van der Waals surface area (Å²) < 4.78 is 7.55. The fourth-order valence-electron chi connectivity index (χ4n) is 8.29. The van der Waals surface area contributed by atoms with Crippen LogP contribution < -0.4 is 0 Å². The second-order valence-corrected chi connectivity index (χ2v) is 12.3. The first kappa shape index (κ1) is 19.2. The Morgan fingerprint density at radius 1 is 1.12 bits per heavy atom. The van der Waals surface area contributed by atoms with Gasteiger partial charge in [0.15, 0.2) is 11.5 Å². The average molecular weight is 448 g/mol. The van der Waals surface area contributed by atoms with E-state index in [0.29, 0.717) is 0 Å². The lowest BCUT2D eigenvalue weighted by molar-refractivity contribution is -0.0731. The van der Waals surface area contributed by atoms with Crippen molar-refractivity contribution in [3.63, 3.8) is 0 Å². The highest BCUT2D eigenvalue weighted by Crippen LogP contribution is 2.67. The quantitative estimate of drug-likeness (QED) is 0.406. The zero-order valence-corrected chi connectivity index (χ0v) is 20.1. The van der Waals surface area contributed by atoms with Crippen LogP contribution in [-0.2, 0) is 11.8 Å². The molecule has 4 fully saturated rings. The Morgan fingerprint density at radius 2 is 1.91 bits per heavy atom. The molecule has 4 heterocycles. The summed E-state index contributed by atoms with van der Waals surface area (Å²) in [7, 11) is 0. The molecule has 0 aliphatic heterocycles. The van der Waals surface area contributed by atoms with E-state index in [1.54, 1.807) is 11.3 Å². The second kappa shape index (κ2) is 6.19. The minimum absolute atomic E-state index is 0.229. The van der Waals surface area contributed by atoms with Gasteiger partial charge in [-0.25, -0.2) is 14.5 Å². The van der Waals surface area contributed by atoms with Crippen LogP contribution in [0.3, 0.4) is 0 Å².